The average molecular weight is 527 g/mol. The van der Waals surface area contributed by atoms with Gasteiger partial charge in [0.2, 0.25) is 0 Å². The Bertz CT molecular complexity index is 426. The number of guanidine groups is 1. The van der Waals surface area contributed by atoms with E-state index in [1.807, 2.05) is 7.05 Å². The summed E-state index contributed by atoms with van der Waals surface area (Å²) in [6, 6.07) is 0.523. The van der Waals surface area contributed by atoms with Gasteiger partial charge in [-0.2, -0.15) is 0 Å². The number of nitrogens with zero attached hydrogens (tertiary/aromatic N) is 2. The highest BCUT2D eigenvalue weighted by Crippen LogP contribution is 2.19. The van der Waals surface area contributed by atoms with Crippen LogP contribution in [-0.2, 0) is 14.2 Å². The van der Waals surface area contributed by atoms with Crippen molar-refractivity contribution in [3.05, 3.63) is 0 Å². The van der Waals surface area contributed by atoms with E-state index >= 15 is 0 Å². The van der Waals surface area contributed by atoms with Gasteiger partial charge in [-0.1, -0.05) is 26.7 Å². The van der Waals surface area contributed by atoms with E-state index in [1.165, 1.54) is 12.8 Å². The van der Waals surface area contributed by atoms with Gasteiger partial charge < -0.3 is 24.8 Å². The zero-order chi connectivity index (χ0) is 20.0. The van der Waals surface area contributed by atoms with Gasteiger partial charge in [-0.05, 0) is 18.8 Å². The summed E-state index contributed by atoms with van der Waals surface area (Å²) in [7, 11) is 1.84. The summed E-state index contributed by atoms with van der Waals surface area (Å²) in [5, 5.41) is 6.97. The predicted octanol–water partition coefficient (Wildman–Crippen LogP) is 2.35. The molecule has 2 saturated heterocycles. The molecule has 29 heavy (non-hydrogen) atoms. The predicted molar refractivity (Wildman–Crippen MR) is 129 cm³/mol. The molecule has 2 heterocycles. The van der Waals surface area contributed by atoms with E-state index in [0.29, 0.717) is 17.9 Å². The molecule has 2 N–H and O–H groups in total. The number of aliphatic imine (C=N–C) groups is 1. The number of ether oxygens (including phenoxy) is 3. The van der Waals surface area contributed by atoms with Crippen LogP contribution in [0.25, 0.3) is 0 Å². The molecule has 0 bridgehead atoms. The van der Waals surface area contributed by atoms with E-state index in [1.54, 1.807) is 0 Å². The average Bonchev–Trinajstić information content (AvgIpc) is 3.26. The molecule has 0 aromatic rings. The van der Waals surface area contributed by atoms with E-state index < -0.39 is 0 Å². The first kappa shape index (κ1) is 26.9. The van der Waals surface area contributed by atoms with Crippen molar-refractivity contribution in [1.82, 2.24) is 15.5 Å². The summed E-state index contributed by atoms with van der Waals surface area (Å²) in [6.07, 6.45) is 4.52. The molecule has 0 spiro atoms. The van der Waals surface area contributed by atoms with Gasteiger partial charge in [0.25, 0.3) is 0 Å². The zero-order valence-electron chi connectivity index (χ0n) is 18.7. The van der Waals surface area contributed by atoms with E-state index in [9.17, 15) is 0 Å². The Kier molecular flexibility index (Phi) is 15.3. The van der Waals surface area contributed by atoms with Gasteiger partial charge >= 0.3 is 0 Å². The van der Waals surface area contributed by atoms with Gasteiger partial charge in [-0.25, -0.2) is 0 Å². The molecule has 2 fully saturated rings. The Morgan fingerprint density at radius 2 is 1.90 bits per heavy atom. The number of nitrogens with one attached hydrogen (secondary N) is 2. The molecule has 2 unspecified atom stereocenters. The van der Waals surface area contributed by atoms with Crippen LogP contribution in [-0.4, -0.2) is 89.8 Å². The summed E-state index contributed by atoms with van der Waals surface area (Å²) in [4.78, 5) is 6.98. The van der Waals surface area contributed by atoms with E-state index in [2.05, 4.69) is 34.4 Å². The normalized spacial score (nSPS) is 21.8. The minimum Gasteiger partial charge on any atom is -0.381 e. The maximum atomic E-state index is 5.77. The Hall–Kier alpha value is -0.160. The quantitative estimate of drug-likeness (QED) is 0.176. The fraction of sp³-hybridized carbons (Fsp3) is 0.952. The molecule has 0 amide bonds. The lowest BCUT2D eigenvalue weighted by atomic mass is 9.92. The van der Waals surface area contributed by atoms with Crippen LogP contribution in [0.5, 0.6) is 0 Å². The van der Waals surface area contributed by atoms with Crippen molar-refractivity contribution in [2.75, 3.05) is 72.9 Å². The number of morpholine rings is 1. The minimum absolute atomic E-state index is 0. The smallest absolute Gasteiger partial charge is 0.191 e. The molecule has 0 aliphatic carbocycles. The molecule has 2 aliphatic heterocycles. The lowest BCUT2D eigenvalue weighted by Crippen LogP contribution is -2.53. The lowest BCUT2D eigenvalue weighted by Gasteiger charge is -2.39. The molecule has 2 atom stereocenters. The van der Waals surface area contributed by atoms with Crippen LogP contribution in [0.15, 0.2) is 4.99 Å². The first-order valence-electron chi connectivity index (χ1n) is 11.2. The molecule has 2 rings (SSSR count). The van der Waals surface area contributed by atoms with Crippen molar-refractivity contribution in [2.45, 2.75) is 45.6 Å². The van der Waals surface area contributed by atoms with Crippen LogP contribution < -0.4 is 10.6 Å². The van der Waals surface area contributed by atoms with Crippen LogP contribution in [0, 0.1) is 11.8 Å². The zero-order valence-corrected chi connectivity index (χ0v) is 21.0. The van der Waals surface area contributed by atoms with Gasteiger partial charge in [0.05, 0.1) is 26.4 Å². The van der Waals surface area contributed by atoms with Gasteiger partial charge in [0.15, 0.2) is 5.96 Å². The molecule has 7 nitrogen and oxygen atoms in total. The fourth-order valence-corrected chi connectivity index (χ4v) is 4.10. The second-order valence-corrected chi connectivity index (χ2v) is 7.83. The van der Waals surface area contributed by atoms with Crippen LogP contribution in [0.4, 0.5) is 0 Å². The van der Waals surface area contributed by atoms with E-state index in [0.717, 1.165) is 84.6 Å². The summed E-state index contributed by atoms with van der Waals surface area (Å²) in [6.45, 7) is 13.5. The topological polar surface area (TPSA) is 67.4 Å². The molecular formula is C21H43IN4O3. The Labute approximate surface area is 194 Å². The highest BCUT2D eigenvalue weighted by molar-refractivity contribution is 14.0. The van der Waals surface area contributed by atoms with Crippen molar-refractivity contribution >= 4 is 29.9 Å². The first-order chi connectivity index (χ1) is 13.8. The summed E-state index contributed by atoms with van der Waals surface area (Å²) in [5.41, 5.74) is 0. The summed E-state index contributed by atoms with van der Waals surface area (Å²) >= 11 is 0. The minimum atomic E-state index is 0. The van der Waals surface area contributed by atoms with Crippen LogP contribution >= 0.6 is 24.0 Å². The second-order valence-electron chi connectivity index (χ2n) is 7.83. The van der Waals surface area contributed by atoms with Crippen molar-refractivity contribution in [1.29, 1.82) is 0 Å². The van der Waals surface area contributed by atoms with E-state index in [-0.39, 0.29) is 24.0 Å². The maximum absolute atomic E-state index is 5.77. The van der Waals surface area contributed by atoms with Gasteiger partial charge in [-0.15, -0.1) is 24.0 Å². The Morgan fingerprint density at radius 3 is 2.52 bits per heavy atom. The Balaban J connectivity index is 0.00000420. The van der Waals surface area contributed by atoms with Crippen molar-refractivity contribution < 1.29 is 14.2 Å². The number of hydrogen-bond donors (Lipinski definition) is 2. The third-order valence-corrected chi connectivity index (χ3v) is 5.95. The number of halogens is 1. The number of rotatable bonds is 12. The fourth-order valence-electron chi connectivity index (χ4n) is 4.10. The lowest BCUT2D eigenvalue weighted by molar-refractivity contribution is 0.00272. The van der Waals surface area contributed by atoms with Crippen LogP contribution in [0.3, 0.4) is 0 Å². The third kappa shape index (κ3) is 10.1. The summed E-state index contributed by atoms with van der Waals surface area (Å²) < 4.78 is 16.7. The SMILES string of the molecule is CCC(CC)C(CNC(=NC)NCCCOCC1CCOC1)N1CCOCC1.I. The van der Waals surface area contributed by atoms with Crippen LogP contribution in [0.1, 0.15) is 39.5 Å². The molecule has 0 saturated carbocycles. The van der Waals surface area contributed by atoms with Crippen LogP contribution in [0.2, 0.25) is 0 Å². The van der Waals surface area contributed by atoms with Gasteiger partial charge in [0.1, 0.15) is 0 Å². The first-order valence-corrected chi connectivity index (χ1v) is 11.2. The molecule has 0 radical (unpaired) electrons. The molecule has 0 aromatic heterocycles. The summed E-state index contributed by atoms with van der Waals surface area (Å²) in [5.74, 6) is 2.16. The van der Waals surface area contributed by atoms with Crippen molar-refractivity contribution in [3.8, 4) is 0 Å². The monoisotopic (exact) mass is 526 g/mol. The van der Waals surface area contributed by atoms with Crippen molar-refractivity contribution in [2.24, 2.45) is 16.8 Å². The highest BCUT2D eigenvalue weighted by Gasteiger charge is 2.27. The molecular weight excluding hydrogens is 483 g/mol. The highest BCUT2D eigenvalue weighted by atomic mass is 127. The third-order valence-electron chi connectivity index (χ3n) is 5.95. The maximum Gasteiger partial charge on any atom is 0.191 e. The molecule has 172 valence electrons. The van der Waals surface area contributed by atoms with Crippen molar-refractivity contribution in [3.63, 3.8) is 0 Å². The largest absolute Gasteiger partial charge is 0.381 e. The Morgan fingerprint density at radius 1 is 1.14 bits per heavy atom. The standard InChI is InChI=1S/C21H42N4O3.HI/c1-4-19(5-2)20(25-9-13-26-14-10-25)15-24-21(22-3)23-8-6-11-27-16-18-7-12-28-17-18;/h18-20H,4-17H2,1-3H3,(H2,22,23,24);1H. The second kappa shape index (κ2) is 16.5. The van der Waals surface area contributed by atoms with E-state index in [4.69, 9.17) is 14.2 Å². The number of hydrogen-bond acceptors (Lipinski definition) is 5. The van der Waals surface area contributed by atoms with Gasteiger partial charge in [0, 0.05) is 58.4 Å². The molecule has 0 aromatic carbocycles. The molecule has 8 heteroatoms. The molecule has 2 aliphatic rings. The van der Waals surface area contributed by atoms with Gasteiger partial charge in [-0.3, -0.25) is 9.89 Å².